The summed E-state index contributed by atoms with van der Waals surface area (Å²) in [7, 11) is 0. The molecule has 0 radical (unpaired) electrons. The fourth-order valence-electron chi connectivity index (χ4n) is 3.61. The highest BCUT2D eigenvalue weighted by Crippen LogP contribution is 2.20. The summed E-state index contributed by atoms with van der Waals surface area (Å²) in [5.74, 6) is -0.556. The highest BCUT2D eigenvalue weighted by atomic mass is 16.4. The van der Waals surface area contributed by atoms with Gasteiger partial charge in [0, 0.05) is 23.9 Å². The van der Waals surface area contributed by atoms with Crippen LogP contribution in [0.2, 0.25) is 0 Å². The Morgan fingerprint density at radius 3 is 1.87 bits per heavy atom. The third kappa shape index (κ3) is 12.9. The molecule has 0 spiro atoms. The number of benzene rings is 1. The Balaban J connectivity index is 0.000000323. The molecule has 174 valence electrons. The molecule has 1 aromatic heterocycles. The predicted molar refractivity (Wildman–Crippen MR) is 127 cm³/mol. The summed E-state index contributed by atoms with van der Waals surface area (Å²) in [6, 6.07) is 6.15. The number of hydrogen-bond acceptors (Lipinski definition) is 4. The van der Waals surface area contributed by atoms with Gasteiger partial charge in [-0.05, 0) is 31.0 Å². The van der Waals surface area contributed by atoms with Gasteiger partial charge in [0.2, 0.25) is 0 Å². The van der Waals surface area contributed by atoms with Crippen LogP contribution >= 0.6 is 0 Å². The van der Waals surface area contributed by atoms with Gasteiger partial charge in [0.25, 0.3) is 0 Å². The quantitative estimate of drug-likeness (QED) is 0.240. The van der Waals surface area contributed by atoms with Gasteiger partial charge in [-0.3, -0.25) is 4.79 Å². The lowest BCUT2D eigenvalue weighted by molar-refractivity contribution is -0.137. The lowest BCUT2D eigenvalue weighted by atomic mass is 10.0. The van der Waals surface area contributed by atoms with Crippen molar-refractivity contribution >= 4 is 16.9 Å². The minimum atomic E-state index is -0.655. The van der Waals surface area contributed by atoms with E-state index in [1.54, 1.807) is 12.1 Å². The van der Waals surface area contributed by atoms with Gasteiger partial charge in [0.05, 0.1) is 0 Å². The van der Waals surface area contributed by atoms with Crippen LogP contribution in [0.5, 0.6) is 5.75 Å². The maximum absolute atomic E-state index is 11.0. The van der Waals surface area contributed by atoms with E-state index >= 15 is 0 Å². The molecule has 0 fully saturated rings. The molecule has 0 saturated heterocycles. The highest BCUT2D eigenvalue weighted by molar-refractivity contribution is 5.81. The number of aliphatic carboxylic acids is 1. The lowest BCUT2D eigenvalue weighted by Crippen LogP contribution is -1.97. The van der Waals surface area contributed by atoms with E-state index in [1.807, 2.05) is 6.92 Å². The number of aryl methyl sites for hydroxylation is 1. The number of carbonyl (C=O) groups is 1. The fourth-order valence-corrected chi connectivity index (χ4v) is 3.61. The van der Waals surface area contributed by atoms with Crippen molar-refractivity contribution in [2.45, 2.75) is 104 Å². The summed E-state index contributed by atoms with van der Waals surface area (Å²) >= 11 is 0. The standard InChI is InChI=1S/C16H32O2.C10H8O3/c1-2-3-4-5-6-7-8-9-10-11-12-13-14-15-16(17)18;1-6-4-10(12)13-9-5-7(11)2-3-8(6)9/h2-15H2,1H3,(H,17,18);2-5,11H,1H3. The lowest BCUT2D eigenvalue weighted by Gasteiger charge is -2.02. The number of unbranched alkanes of at least 4 members (excludes halogenated alkanes) is 12. The van der Waals surface area contributed by atoms with E-state index in [4.69, 9.17) is 14.6 Å². The summed E-state index contributed by atoms with van der Waals surface area (Å²) in [5, 5.41) is 18.5. The topological polar surface area (TPSA) is 87.7 Å². The number of carboxylic acids is 1. The van der Waals surface area contributed by atoms with Gasteiger partial charge in [-0.25, -0.2) is 4.79 Å². The maximum atomic E-state index is 11.0. The fraction of sp³-hybridized carbons (Fsp3) is 0.615. The van der Waals surface area contributed by atoms with Crippen molar-refractivity contribution in [1.29, 1.82) is 0 Å². The Hall–Kier alpha value is -2.30. The SMILES string of the molecule is CCCCCCCCCCCCCCCC(=O)O.Cc1cc(=O)oc2cc(O)ccc12. The van der Waals surface area contributed by atoms with Crippen LogP contribution in [-0.4, -0.2) is 16.2 Å². The van der Waals surface area contributed by atoms with E-state index in [9.17, 15) is 9.59 Å². The Bertz CT molecular complexity index is 809. The van der Waals surface area contributed by atoms with Crippen LogP contribution < -0.4 is 5.63 Å². The van der Waals surface area contributed by atoms with Crippen LogP contribution in [0.25, 0.3) is 11.0 Å². The minimum Gasteiger partial charge on any atom is -0.508 e. The number of rotatable bonds is 14. The normalized spacial score (nSPS) is 10.6. The molecule has 2 N–H and O–H groups in total. The van der Waals surface area contributed by atoms with Gasteiger partial charge in [-0.15, -0.1) is 0 Å². The van der Waals surface area contributed by atoms with Gasteiger partial charge in [-0.2, -0.15) is 0 Å². The van der Waals surface area contributed by atoms with Gasteiger partial charge >= 0.3 is 11.6 Å². The molecule has 0 aliphatic rings. The Morgan fingerprint density at radius 2 is 1.35 bits per heavy atom. The smallest absolute Gasteiger partial charge is 0.336 e. The zero-order valence-corrected chi connectivity index (χ0v) is 19.3. The van der Waals surface area contributed by atoms with E-state index in [0.717, 1.165) is 23.8 Å². The first-order valence-corrected chi connectivity index (χ1v) is 11.9. The number of phenols is 1. The number of fused-ring (bicyclic) bond motifs is 1. The van der Waals surface area contributed by atoms with E-state index in [2.05, 4.69) is 6.92 Å². The second-order valence-electron chi connectivity index (χ2n) is 8.32. The molecule has 0 amide bonds. The minimum absolute atomic E-state index is 0.0984. The molecule has 0 unspecified atom stereocenters. The predicted octanol–water partition coefficient (Wildman–Crippen LogP) is 7.36. The number of carboxylic acid groups (broad SMARTS) is 1. The number of aromatic hydroxyl groups is 1. The van der Waals surface area contributed by atoms with Crippen molar-refractivity contribution in [3.8, 4) is 5.75 Å². The molecule has 2 aromatic rings. The zero-order valence-electron chi connectivity index (χ0n) is 19.3. The molecule has 0 aliphatic carbocycles. The van der Waals surface area contributed by atoms with Crippen molar-refractivity contribution in [1.82, 2.24) is 0 Å². The molecule has 5 heteroatoms. The molecule has 1 aromatic carbocycles. The maximum Gasteiger partial charge on any atom is 0.336 e. The number of hydrogen-bond donors (Lipinski definition) is 2. The molecular weight excluding hydrogens is 392 g/mol. The summed E-state index contributed by atoms with van der Waals surface area (Å²) in [4.78, 5) is 21.3. The zero-order chi connectivity index (χ0) is 22.9. The molecule has 31 heavy (non-hydrogen) atoms. The van der Waals surface area contributed by atoms with Gasteiger partial charge in [-0.1, -0.05) is 84.0 Å². The second kappa shape index (κ2) is 16.4. The van der Waals surface area contributed by atoms with Gasteiger partial charge in [0.1, 0.15) is 11.3 Å². The number of phenolic OH excluding ortho intramolecular Hbond substituents is 1. The first-order chi connectivity index (χ1) is 14.9. The Morgan fingerprint density at radius 1 is 0.839 bits per heavy atom. The van der Waals surface area contributed by atoms with E-state index in [1.165, 1.54) is 82.8 Å². The van der Waals surface area contributed by atoms with Crippen LogP contribution in [0.3, 0.4) is 0 Å². The molecule has 0 atom stereocenters. The first kappa shape index (κ1) is 26.7. The Labute approximate surface area is 186 Å². The monoisotopic (exact) mass is 432 g/mol. The molecule has 1 heterocycles. The van der Waals surface area contributed by atoms with Crippen molar-refractivity contribution < 1.29 is 19.4 Å². The van der Waals surface area contributed by atoms with Gasteiger partial charge in [0.15, 0.2) is 0 Å². The molecule has 2 rings (SSSR count). The van der Waals surface area contributed by atoms with E-state index in [-0.39, 0.29) is 5.75 Å². The average Bonchev–Trinajstić information content (AvgIpc) is 2.71. The van der Waals surface area contributed by atoms with Crippen LogP contribution in [0.1, 0.15) is 102 Å². The van der Waals surface area contributed by atoms with Crippen molar-refractivity contribution in [3.05, 3.63) is 40.2 Å². The van der Waals surface area contributed by atoms with Gasteiger partial charge < -0.3 is 14.6 Å². The average molecular weight is 433 g/mol. The van der Waals surface area contributed by atoms with Crippen molar-refractivity contribution in [3.63, 3.8) is 0 Å². The summed E-state index contributed by atoms with van der Waals surface area (Å²) < 4.78 is 4.91. The summed E-state index contributed by atoms with van der Waals surface area (Å²) in [6.07, 6.45) is 17.3. The van der Waals surface area contributed by atoms with Crippen LogP contribution in [0.4, 0.5) is 0 Å². The van der Waals surface area contributed by atoms with Crippen LogP contribution in [0.15, 0.2) is 33.5 Å². The first-order valence-electron chi connectivity index (χ1n) is 11.9. The summed E-state index contributed by atoms with van der Waals surface area (Å²) in [6.45, 7) is 4.09. The van der Waals surface area contributed by atoms with E-state index in [0.29, 0.717) is 12.0 Å². The Kier molecular flexibility index (Phi) is 14.1. The largest absolute Gasteiger partial charge is 0.508 e. The third-order valence-corrected chi connectivity index (χ3v) is 5.43. The highest BCUT2D eigenvalue weighted by Gasteiger charge is 2.02. The molecule has 5 nitrogen and oxygen atoms in total. The molecule has 0 aliphatic heterocycles. The van der Waals surface area contributed by atoms with E-state index < -0.39 is 11.6 Å². The molecule has 0 bridgehead atoms. The summed E-state index contributed by atoms with van der Waals surface area (Å²) in [5.41, 5.74) is 0.881. The second-order valence-corrected chi connectivity index (χ2v) is 8.32. The van der Waals surface area contributed by atoms with Crippen LogP contribution in [0, 0.1) is 6.92 Å². The van der Waals surface area contributed by atoms with Crippen LogP contribution in [-0.2, 0) is 4.79 Å². The van der Waals surface area contributed by atoms with Crippen molar-refractivity contribution in [2.24, 2.45) is 0 Å². The van der Waals surface area contributed by atoms with Crippen molar-refractivity contribution in [2.75, 3.05) is 0 Å². The molecular formula is C26H40O5. The molecule has 0 saturated carbocycles. The third-order valence-electron chi connectivity index (χ3n) is 5.43.